The molecule has 0 bridgehead atoms. The van der Waals surface area contributed by atoms with Crippen molar-refractivity contribution >= 4 is 40.8 Å². The lowest BCUT2D eigenvalue weighted by Gasteiger charge is -2.27. The summed E-state index contributed by atoms with van der Waals surface area (Å²) < 4.78 is 38.4. The Morgan fingerprint density at radius 3 is 2.46 bits per heavy atom. The third kappa shape index (κ3) is 6.97. The van der Waals surface area contributed by atoms with Gasteiger partial charge in [0.1, 0.15) is 17.2 Å². The second-order valence-electron chi connectivity index (χ2n) is 11.1. The van der Waals surface area contributed by atoms with Gasteiger partial charge < -0.3 is 24.1 Å². The van der Waals surface area contributed by atoms with Crippen LogP contribution in [-0.2, 0) is 10.5 Å². The van der Waals surface area contributed by atoms with E-state index in [9.17, 15) is 29.1 Å². The lowest BCUT2D eigenvalue weighted by molar-refractivity contribution is -0.107. The second-order valence-corrected chi connectivity index (χ2v) is 12.4. The van der Waals surface area contributed by atoms with Gasteiger partial charge in [-0.25, -0.2) is 19.4 Å². The molecule has 6 rings (SSSR count). The van der Waals surface area contributed by atoms with Crippen LogP contribution in [0.1, 0.15) is 44.4 Å². The highest BCUT2D eigenvalue weighted by Gasteiger charge is 2.47. The molecule has 1 fully saturated rings. The number of aromatic nitrogens is 3. The van der Waals surface area contributed by atoms with Crippen molar-refractivity contribution in [3.63, 3.8) is 0 Å². The molecule has 1 aliphatic heterocycles. The summed E-state index contributed by atoms with van der Waals surface area (Å²) in [4.78, 5) is 69.6. The quantitative estimate of drug-likeness (QED) is 0.216. The Bertz CT molecular complexity index is 2210. The van der Waals surface area contributed by atoms with Gasteiger partial charge in [0.05, 0.1) is 30.1 Å². The van der Waals surface area contributed by atoms with Crippen LogP contribution in [0.5, 0.6) is 16.7 Å². The Hall–Kier alpha value is -5.48. The molecule has 13 nitrogen and oxygen atoms in total. The summed E-state index contributed by atoms with van der Waals surface area (Å²) in [6.45, 7) is 0.943. The molecule has 3 aromatic heterocycles. The number of esters is 2. The van der Waals surface area contributed by atoms with Gasteiger partial charge in [-0.3, -0.25) is 14.2 Å². The topological polar surface area (TPSA) is 165 Å². The Kier molecular flexibility index (Phi) is 9.74. The predicted molar refractivity (Wildman–Crippen MR) is 176 cm³/mol. The van der Waals surface area contributed by atoms with E-state index >= 15 is 4.39 Å². The number of pyridine rings is 1. The molecule has 50 heavy (non-hydrogen) atoms. The molecule has 0 saturated carbocycles. The summed E-state index contributed by atoms with van der Waals surface area (Å²) in [5.41, 5.74) is -4.68. The fourth-order valence-electron chi connectivity index (χ4n) is 5.24. The van der Waals surface area contributed by atoms with E-state index in [1.165, 1.54) is 48.6 Å². The number of thiophene rings is 1. The van der Waals surface area contributed by atoms with Crippen molar-refractivity contribution in [2.75, 3.05) is 6.61 Å². The van der Waals surface area contributed by atoms with Gasteiger partial charge in [0.25, 0.3) is 11.5 Å². The molecule has 0 spiro atoms. The Morgan fingerprint density at radius 1 is 1.02 bits per heavy atom. The fourth-order valence-corrected chi connectivity index (χ4v) is 6.01. The van der Waals surface area contributed by atoms with E-state index < -0.39 is 59.5 Å². The number of aliphatic hydroxyl groups excluding tert-OH is 1. The van der Waals surface area contributed by atoms with E-state index in [1.54, 1.807) is 35.7 Å². The highest BCUT2D eigenvalue weighted by Crippen LogP contribution is 2.37. The van der Waals surface area contributed by atoms with Crippen LogP contribution in [0.4, 0.5) is 4.39 Å². The molecule has 256 valence electrons. The highest BCUT2D eigenvalue weighted by atomic mass is 35.5. The number of rotatable bonds is 9. The second kappa shape index (κ2) is 14.2. The number of nitrogens with zero attached hydrogens (tertiary/aromatic N) is 3. The third-order valence-electron chi connectivity index (χ3n) is 7.65. The van der Waals surface area contributed by atoms with Crippen molar-refractivity contribution in [1.82, 2.24) is 14.1 Å². The minimum Gasteiger partial charge on any atom is -0.478 e. The van der Waals surface area contributed by atoms with Crippen LogP contribution in [0.2, 0.25) is 5.02 Å². The number of carbonyl (C=O) groups excluding carboxylic acids is 3. The number of benzene rings is 2. The molecule has 2 aromatic carbocycles. The smallest absolute Gasteiger partial charge is 0.344 e. The van der Waals surface area contributed by atoms with Crippen molar-refractivity contribution in [1.29, 1.82) is 0 Å². The first-order valence-electron chi connectivity index (χ1n) is 14.8. The summed E-state index contributed by atoms with van der Waals surface area (Å²) in [5, 5.41) is 12.2. The van der Waals surface area contributed by atoms with Crippen LogP contribution < -0.4 is 25.5 Å². The van der Waals surface area contributed by atoms with E-state index in [-0.39, 0.29) is 44.3 Å². The molecule has 16 heteroatoms. The van der Waals surface area contributed by atoms with Gasteiger partial charge in [-0.15, -0.1) is 11.3 Å². The molecule has 0 aliphatic carbocycles. The maximum Gasteiger partial charge on any atom is 0.344 e. The maximum atomic E-state index is 15.1. The van der Waals surface area contributed by atoms with Crippen molar-refractivity contribution in [3.8, 4) is 16.7 Å². The highest BCUT2D eigenvalue weighted by molar-refractivity contribution is 7.11. The number of halogens is 2. The van der Waals surface area contributed by atoms with Gasteiger partial charge in [0.2, 0.25) is 11.7 Å². The first kappa shape index (κ1) is 34.4. The average Bonchev–Trinajstić information content (AvgIpc) is 3.75. The van der Waals surface area contributed by atoms with Crippen LogP contribution in [0.25, 0.3) is 0 Å². The lowest BCUT2D eigenvalue weighted by atomic mass is 10.1. The minimum absolute atomic E-state index is 0.0397. The average molecular weight is 722 g/mol. The molecule has 0 radical (unpaired) electrons. The molecule has 0 amide bonds. The van der Waals surface area contributed by atoms with Gasteiger partial charge in [0, 0.05) is 18.1 Å². The van der Waals surface area contributed by atoms with Gasteiger partial charge in [-0.05, 0) is 54.8 Å². The molecule has 1 saturated heterocycles. The first-order valence-corrected chi connectivity index (χ1v) is 16.1. The zero-order chi connectivity index (χ0) is 35.6. The van der Waals surface area contributed by atoms with Crippen molar-refractivity contribution in [2.45, 2.75) is 31.3 Å². The van der Waals surface area contributed by atoms with Crippen LogP contribution in [0.3, 0.4) is 0 Å². The monoisotopic (exact) mass is 721 g/mol. The Labute approximate surface area is 290 Å². The summed E-state index contributed by atoms with van der Waals surface area (Å²) in [6, 6.07) is 17.5. The molecule has 3 atom stereocenters. The summed E-state index contributed by atoms with van der Waals surface area (Å²) in [7, 11) is 0. The van der Waals surface area contributed by atoms with E-state index in [2.05, 4.69) is 4.98 Å². The van der Waals surface area contributed by atoms with E-state index in [0.717, 1.165) is 22.9 Å². The Balaban J connectivity index is 1.24. The number of ether oxygens (including phenoxy) is 4. The molecular formula is C34H25ClFN3O10S. The van der Waals surface area contributed by atoms with Crippen LogP contribution >= 0.6 is 22.9 Å². The van der Waals surface area contributed by atoms with E-state index in [4.69, 9.17) is 30.5 Å². The zero-order valence-corrected chi connectivity index (χ0v) is 27.4. The van der Waals surface area contributed by atoms with Gasteiger partial charge in [0.15, 0.2) is 16.5 Å². The number of hydrogen-bond acceptors (Lipinski definition) is 12. The standard InChI is InChI=1S/C34H25ClFN3O10S/c1-34(15-25(26(18-40)49-34)46-28-11-6-12-50-28)38-17-23(36)30(42)39(33(38)45)29(41)20-9-5-10-21(13-20)32(44)48-27-14-24(22(35)16-37-27)47-31(43)19-7-3-2-4-8-19/h2-14,16-17,25-26,40H,15,18H2,1H3/t25-,26+,34+/m0/s1. The Morgan fingerprint density at radius 2 is 1.74 bits per heavy atom. The van der Waals surface area contributed by atoms with Crippen LogP contribution in [0, 0.1) is 5.82 Å². The lowest BCUT2D eigenvalue weighted by Crippen LogP contribution is -2.50. The van der Waals surface area contributed by atoms with Gasteiger partial charge >= 0.3 is 17.6 Å². The molecular weight excluding hydrogens is 697 g/mol. The SMILES string of the molecule is C[C@]1(n2cc(F)c(=O)n(C(=O)c3cccc(C(=O)Oc4cc(OC(=O)c5ccccc5)c(Cl)cn4)c3)c2=O)C[C@H](Oc2cccs2)[C@@H](CO)O1. The molecule has 1 N–H and O–H groups in total. The normalized spacial score (nSPS) is 18.4. The van der Waals surface area contributed by atoms with Crippen molar-refractivity contribution < 1.29 is 42.8 Å². The number of carbonyl (C=O) groups is 3. The fraction of sp³-hybridized carbons (Fsp3) is 0.176. The van der Waals surface area contributed by atoms with Crippen molar-refractivity contribution in [2.24, 2.45) is 0 Å². The maximum absolute atomic E-state index is 15.1. The van der Waals surface area contributed by atoms with Crippen LogP contribution in [0.15, 0.2) is 100 Å². The van der Waals surface area contributed by atoms with E-state index in [0.29, 0.717) is 11.3 Å². The van der Waals surface area contributed by atoms with Gasteiger partial charge in [-0.1, -0.05) is 35.9 Å². The van der Waals surface area contributed by atoms with Gasteiger partial charge in [-0.2, -0.15) is 8.96 Å². The predicted octanol–water partition coefficient (Wildman–Crippen LogP) is 4.29. The minimum atomic E-state index is -1.63. The number of aliphatic hydroxyl groups is 1. The summed E-state index contributed by atoms with van der Waals surface area (Å²) in [6.07, 6.45) is 0.0222. The van der Waals surface area contributed by atoms with E-state index in [1.807, 2.05) is 0 Å². The van der Waals surface area contributed by atoms with Crippen molar-refractivity contribution in [3.05, 3.63) is 139 Å². The summed E-state index contributed by atoms with van der Waals surface area (Å²) >= 11 is 7.42. The largest absolute Gasteiger partial charge is 0.478 e. The number of hydrogen-bond donors (Lipinski definition) is 1. The molecule has 5 aromatic rings. The first-order chi connectivity index (χ1) is 24.0. The molecule has 4 heterocycles. The summed E-state index contributed by atoms with van der Waals surface area (Å²) in [5.74, 6) is -4.85. The zero-order valence-electron chi connectivity index (χ0n) is 25.9. The molecule has 0 unspecified atom stereocenters. The molecule has 1 aliphatic rings. The third-order valence-corrected chi connectivity index (χ3v) is 8.69. The van der Waals surface area contributed by atoms with Crippen LogP contribution in [-0.4, -0.2) is 55.9 Å².